The average Bonchev–Trinajstić information content (AvgIpc) is 2.58. The van der Waals surface area contributed by atoms with Crippen LogP contribution in [0.3, 0.4) is 0 Å². The first kappa shape index (κ1) is 14.8. The van der Waals surface area contributed by atoms with Gasteiger partial charge in [0, 0.05) is 12.4 Å². The van der Waals surface area contributed by atoms with Gasteiger partial charge in [0.1, 0.15) is 11.5 Å². The van der Waals surface area contributed by atoms with E-state index in [4.69, 9.17) is 0 Å². The summed E-state index contributed by atoms with van der Waals surface area (Å²) in [6, 6.07) is 15.1. The molecule has 1 aromatic carbocycles. The summed E-state index contributed by atoms with van der Waals surface area (Å²) < 4.78 is 0. The summed E-state index contributed by atoms with van der Waals surface area (Å²) in [4.78, 5) is 24.9. The summed E-state index contributed by atoms with van der Waals surface area (Å²) in [6.45, 7) is 2.02. The number of nitrogens with one attached hydrogen (secondary N) is 1. The van der Waals surface area contributed by atoms with E-state index in [9.17, 15) is 4.79 Å². The van der Waals surface area contributed by atoms with Crippen molar-refractivity contribution in [2.75, 3.05) is 5.32 Å². The number of aromatic nitrogens is 3. The number of carbonyl (C=O) groups is 1. The highest BCUT2D eigenvalue weighted by Gasteiger charge is 2.07. The normalized spacial score (nSPS) is 10.3. The molecule has 1 amide bonds. The van der Waals surface area contributed by atoms with Crippen LogP contribution < -0.4 is 5.32 Å². The highest BCUT2D eigenvalue weighted by molar-refractivity contribution is 5.91. The van der Waals surface area contributed by atoms with Crippen LogP contribution in [0.2, 0.25) is 0 Å². The molecule has 0 aliphatic heterocycles. The summed E-state index contributed by atoms with van der Waals surface area (Å²) in [5, 5.41) is 2.80. The topological polar surface area (TPSA) is 67.8 Å². The van der Waals surface area contributed by atoms with Crippen LogP contribution in [0.25, 0.3) is 11.5 Å². The maximum absolute atomic E-state index is 12.1. The fraction of sp³-hybridized carbons (Fsp3) is 0.111. The van der Waals surface area contributed by atoms with Gasteiger partial charge in [0.15, 0.2) is 5.82 Å². The molecule has 23 heavy (non-hydrogen) atoms. The first-order valence-corrected chi connectivity index (χ1v) is 7.30. The van der Waals surface area contributed by atoms with E-state index in [1.807, 2.05) is 49.4 Å². The number of amides is 1. The zero-order valence-corrected chi connectivity index (χ0v) is 12.7. The highest BCUT2D eigenvalue weighted by Crippen LogP contribution is 2.13. The van der Waals surface area contributed by atoms with E-state index in [0.717, 1.165) is 5.56 Å². The van der Waals surface area contributed by atoms with Crippen molar-refractivity contribution in [1.29, 1.82) is 0 Å². The number of benzene rings is 1. The third kappa shape index (κ3) is 3.97. The van der Waals surface area contributed by atoms with E-state index < -0.39 is 0 Å². The SMILES string of the molecule is Cc1ccc(CC(=O)Nc2ccnc(-c3ccccn3)n2)cc1. The number of anilines is 1. The Morgan fingerprint density at radius 1 is 1.00 bits per heavy atom. The summed E-state index contributed by atoms with van der Waals surface area (Å²) in [5.41, 5.74) is 2.80. The van der Waals surface area contributed by atoms with Gasteiger partial charge in [-0.2, -0.15) is 0 Å². The van der Waals surface area contributed by atoms with Crippen molar-refractivity contribution in [1.82, 2.24) is 15.0 Å². The smallest absolute Gasteiger partial charge is 0.229 e. The molecule has 2 aromatic heterocycles. The third-order valence-electron chi connectivity index (χ3n) is 3.30. The first-order chi connectivity index (χ1) is 11.2. The standard InChI is InChI=1S/C18H16N4O/c1-13-5-7-14(8-6-13)12-17(23)21-16-9-11-20-18(22-16)15-4-2-3-10-19-15/h2-11H,12H2,1H3,(H,20,21,22,23). The van der Waals surface area contributed by atoms with E-state index in [2.05, 4.69) is 20.3 Å². The molecule has 114 valence electrons. The van der Waals surface area contributed by atoms with Crippen LogP contribution in [0, 0.1) is 6.92 Å². The molecule has 0 unspecified atom stereocenters. The van der Waals surface area contributed by atoms with Gasteiger partial charge in [0.05, 0.1) is 6.42 Å². The molecule has 0 fully saturated rings. The number of hydrogen-bond donors (Lipinski definition) is 1. The molecule has 3 rings (SSSR count). The minimum Gasteiger partial charge on any atom is -0.310 e. The molecule has 0 aliphatic rings. The molecule has 0 bridgehead atoms. The first-order valence-electron chi connectivity index (χ1n) is 7.30. The van der Waals surface area contributed by atoms with Crippen molar-refractivity contribution in [2.24, 2.45) is 0 Å². The minimum absolute atomic E-state index is 0.112. The molecule has 0 atom stereocenters. The largest absolute Gasteiger partial charge is 0.310 e. The van der Waals surface area contributed by atoms with Gasteiger partial charge in [-0.25, -0.2) is 9.97 Å². The van der Waals surface area contributed by atoms with Crippen molar-refractivity contribution >= 4 is 11.7 Å². The Kier molecular flexibility index (Phi) is 4.38. The second-order valence-corrected chi connectivity index (χ2v) is 5.19. The molecule has 5 heteroatoms. The number of nitrogens with zero attached hydrogens (tertiary/aromatic N) is 3. The van der Waals surface area contributed by atoms with Crippen molar-refractivity contribution in [3.8, 4) is 11.5 Å². The van der Waals surface area contributed by atoms with E-state index in [1.165, 1.54) is 5.56 Å². The van der Waals surface area contributed by atoms with Crippen molar-refractivity contribution < 1.29 is 4.79 Å². The lowest BCUT2D eigenvalue weighted by Crippen LogP contribution is -2.15. The Morgan fingerprint density at radius 2 is 1.83 bits per heavy atom. The quantitative estimate of drug-likeness (QED) is 0.804. The number of pyridine rings is 1. The van der Waals surface area contributed by atoms with Gasteiger partial charge in [0.25, 0.3) is 0 Å². The van der Waals surface area contributed by atoms with Crippen LogP contribution in [0.5, 0.6) is 0 Å². The van der Waals surface area contributed by atoms with Crippen molar-refractivity contribution in [2.45, 2.75) is 13.3 Å². The van der Waals surface area contributed by atoms with Gasteiger partial charge in [-0.3, -0.25) is 9.78 Å². The lowest BCUT2D eigenvalue weighted by molar-refractivity contribution is -0.115. The van der Waals surface area contributed by atoms with E-state index in [-0.39, 0.29) is 5.91 Å². The van der Waals surface area contributed by atoms with Crippen LogP contribution in [-0.2, 0) is 11.2 Å². The Labute approximate surface area is 134 Å². The molecule has 0 saturated carbocycles. The zero-order valence-electron chi connectivity index (χ0n) is 12.7. The predicted octanol–water partition coefficient (Wildman–Crippen LogP) is 3.03. The second kappa shape index (κ2) is 6.79. The van der Waals surface area contributed by atoms with Crippen molar-refractivity contribution in [3.05, 3.63) is 72.1 Å². The molecule has 3 aromatic rings. The van der Waals surface area contributed by atoms with Crippen LogP contribution in [0.1, 0.15) is 11.1 Å². The Balaban J connectivity index is 1.70. The van der Waals surface area contributed by atoms with Crippen LogP contribution in [0.15, 0.2) is 60.9 Å². The van der Waals surface area contributed by atoms with Crippen LogP contribution >= 0.6 is 0 Å². The molecule has 1 N–H and O–H groups in total. The molecular formula is C18H16N4O. The molecule has 5 nitrogen and oxygen atoms in total. The van der Waals surface area contributed by atoms with Crippen molar-refractivity contribution in [3.63, 3.8) is 0 Å². The lowest BCUT2D eigenvalue weighted by Gasteiger charge is -2.06. The minimum atomic E-state index is -0.112. The van der Waals surface area contributed by atoms with Crippen LogP contribution in [-0.4, -0.2) is 20.9 Å². The lowest BCUT2D eigenvalue weighted by atomic mass is 10.1. The van der Waals surface area contributed by atoms with Gasteiger partial charge >= 0.3 is 0 Å². The number of carbonyl (C=O) groups excluding carboxylic acids is 1. The monoisotopic (exact) mass is 304 g/mol. The molecular weight excluding hydrogens is 288 g/mol. The zero-order chi connectivity index (χ0) is 16.1. The molecule has 0 spiro atoms. The molecule has 0 aliphatic carbocycles. The van der Waals surface area contributed by atoms with Gasteiger partial charge in [-0.15, -0.1) is 0 Å². The molecule has 0 saturated heterocycles. The average molecular weight is 304 g/mol. The summed E-state index contributed by atoms with van der Waals surface area (Å²) >= 11 is 0. The van der Waals surface area contributed by atoms with Gasteiger partial charge in [-0.05, 0) is 30.7 Å². The second-order valence-electron chi connectivity index (χ2n) is 5.19. The Bertz CT molecular complexity index is 801. The molecule has 0 radical (unpaired) electrons. The predicted molar refractivity (Wildman–Crippen MR) is 88.8 cm³/mol. The van der Waals surface area contributed by atoms with Gasteiger partial charge < -0.3 is 5.32 Å². The van der Waals surface area contributed by atoms with Gasteiger partial charge in [0.2, 0.25) is 5.91 Å². The number of aryl methyl sites for hydroxylation is 1. The van der Waals surface area contributed by atoms with Gasteiger partial charge in [-0.1, -0.05) is 35.9 Å². The highest BCUT2D eigenvalue weighted by atomic mass is 16.1. The summed E-state index contributed by atoms with van der Waals surface area (Å²) in [5.74, 6) is 0.844. The number of hydrogen-bond acceptors (Lipinski definition) is 4. The van der Waals surface area contributed by atoms with E-state index in [0.29, 0.717) is 23.8 Å². The van der Waals surface area contributed by atoms with E-state index in [1.54, 1.807) is 18.5 Å². The van der Waals surface area contributed by atoms with E-state index >= 15 is 0 Å². The van der Waals surface area contributed by atoms with Crippen LogP contribution in [0.4, 0.5) is 5.82 Å². The molecule has 2 heterocycles. The summed E-state index contributed by atoms with van der Waals surface area (Å²) in [6.07, 6.45) is 3.60. The number of rotatable bonds is 4. The maximum Gasteiger partial charge on any atom is 0.229 e. The Hall–Kier alpha value is -3.08. The fourth-order valence-corrected chi connectivity index (χ4v) is 2.13. The Morgan fingerprint density at radius 3 is 2.57 bits per heavy atom. The fourth-order valence-electron chi connectivity index (χ4n) is 2.13. The maximum atomic E-state index is 12.1. The third-order valence-corrected chi connectivity index (χ3v) is 3.30. The summed E-state index contributed by atoms with van der Waals surface area (Å²) in [7, 11) is 0.